The highest BCUT2D eigenvalue weighted by atomic mass is 16.6. The summed E-state index contributed by atoms with van der Waals surface area (Å²) >= 11 is 0. The monoisotopic (exact) mass is 368 g/mol. The van der Waals surface area contributed by atoms with Crippen LogP contribution in [-0.4, -0.2) is 28.1 Å². The van der Waals surface area contributed by atoms with Crippen LogP contribution in [0, 0.1) is 11.8 Å². The molecule has 2 N–H and O–H groups in total. The average molecular weight is 369 g/mol. The van der Waals surface area contributed by atoms with Crippen molar-refractivity contribution in [2.45, 2.75) is 97.4 Å². The van der Waals surface area contributed by atoms with E-state index in [-0.39, 0.29) is 6.10 Å². The second-order valence-electron chi connectivity index (χ2n) is 6.29. The molecule has 0 aromatic carbocycles. The Kier molecular flexibility index (Phi) is 24.1. The van der Waals surface area contributed by atoms with Gasteiger partial charge in [0.15, 0.2) is 5.79 Å². The summed E-state index contributed by atoms with van der Waals surface area (Å²) in [5.74, 6) is 4.30. The Labute approximate surface area is 161 Å². The van der Waals surface area contributed by atoms with Crippen molar-refractivity contribution in [2.75, 3.05) is 0 Å². The van der Waals surface area contributed by atoms with E-state index in [4.69, 9.17) is 14.6 Å². The summed E-state index contributed by atoms with van der Waals surface area (Å²) in [6.45, 7) is 16.3. The quantitative estimate of drug-likeness (QED) is 0.212. The molecule has 0 heterocycles. The van der Waals surface area contributed by atoms with Gasteiger partial charge in [0.2, 0.25) is 0 Å². The van der Waals surface area contributed by atoms with Crippen LogP contribution < -0.4 is 0 Å². The molecule has 26 heavy (non-hydrogen) atoms. The number of hydrogen-bond acceptors (Lipinski definition) is 3. The van der Waals surface area contributed by atoms with E-state index in [9.17, 15) is 5.11 Å². The molecule has 152 valence electrons. The van der Waals surface area contributed by atoms with Crippen LogP contribution >= 0.6 is 0 Å². The van der Waals surface area contributed by atoms with E-state index in [1.807, 2.05) is 6.08 Å². The third kappa shape index (κ3) is 33.9. The zero-order chi connectivity index (χ0) is 20.8. The summed E-state index contributed by atoms with van der Waals surface area (Å²) in [7, 11) is 0. The standard InChI is InChI=1S/C18H32O2.C2H4O2.C2H4/c1-5-7-9-11-13-15-17(20-18(3,4)19)16-14-12-10-8-6-2;1-2(3)4;1-2/h5,17,19H,1,6-8,10,12-16H2,2-4H3;1H3,(H,3,4);1-2H2. The first kappa shape index (κ1) is 29.2. The first-order valence-electron chi connectivity index (χ1n) is 9.39. The Balaban J connectivity index is -0.000000769. The van der Waals surface area contributed by atoms with Gasteiger partial charge in [-0.3, -0.25) is 4.79 Å². The number of allylic oxidation sites excluding steroid dienone is 1. The maximum Gasteiger partial charge on any atom is 0.300 e. The van der Waals surface area contributed by atoms with E-state index < -0.39 is 11.8 Å². The van der Waals surface area contributed by atoms with Crippen molar-refractivity contribution in [2.24, 2.45) is 0 Å². The molecule has 0 rings (SSSR count). The van der Waals surface area contributed by atoms with Gasteiger partial charge in [-0.05, 0) is 26.7 Å². The van der Waals surface area contributed by atoms with Crippen molar-refractivity contribution in [3.63, 3.8) is 0 Å². The van der Waals surface area contributed by atoms with E-state index in [1.54, 1.807) is 13.8 Å². The molecule has 0 fully saturated rings. The van der Waals surface area contributed by atoms with Gasteiger partial charge in [0, 0.05) is 19.8 Å². The van der Waals surface area contributed by atoms with E-state index in [1.165, 1.54) is 32.1 Å². The number of carbonyl (C=O) groups is 1. The molecule has 1 unspecified atom stereocenters. The molecular formula is C22H40O4. The highest BCUT2D eigenvalue weighted by Gasteiger charge is 2.19. The Morgan fingerprint density at radius 3 is 2.15 bits per heavy atom. The minimum atomic E-state index is -1.05. The molecule has 0 amide bonds. The van der Waals surface area contributed by atoms with Crippen molar-refractivity contribution >= 4 is 5.97 Å². The molecule has 0 saturated carbocycles. The maximum atomic E-state index is 9.80. The number of ether oxygens (including phenoxy) is 1. The Hall–Kier alpha value is -1.57. The number of rotatable bonds is 11. The van der Waals surface area contributed by atoms with Gasteiger partial charge < -0.3 is 14.9 Å². The lowest BCUT2D eigenvalue weighted by atomic mass is 10.0. The number of carboxylic acid groups (broad SMARTS) is 1. The number of aliphatic carboxylic acids is 1. The van der Waals surface area contributed by atoms with Crippen LogP contribution in [0.3, 0.4) is 0 Å². The lowest BCUT2D eigenvalue weighted by Gasteiger charge is -2.26. The van der Waals surface area contributed by atoms with Crippen LogP contribution in [0.2, 0.25) is 0 Å². The fraction of sp³-hybridized carbons (Fsp3) is 0.682. The first-order valence-corrected chi connectivity index (χ1v) is 9.39. The Bertz CT molecular complexity index is 381. The van der Waals surface area contributed by atoms with E-state index in [0.29, 0.717) is 0 Å². The second-order valence-corrected chi connectivity index (χ2v) is 6.29. The van der Waals surface area contributed by atoms with Crippen LogP contribution in [0.4, 0.5) is 0 Å². The number of carboxylic acids is 1. The predicted octanol–water partition coefficient (Wildman–Crippen LogP) is 5.71. The van der Waals surface area contributed by atoms with Crippen molar-refractivity contribution in [1.29, 1.82) is 0 Å². The summed E-state index contributed by atoms with van der Waals surface area (Å²) in [4.78, 5) is 9.00. The lowest BCUT2D eigenvalue weighted by Crippen LogP contribution is -2.30. The van der Waals surface area contributed by atoms with E-state index >= 15 is 0 Å². The first-order chi connectivity index (χ1) is 12.2. The fourth-order valence-corrected chi connectivity index (χ4v) is 2.11. The van der Waals surface area contributed by atoms with Gasteiger partial charge in [0.1, 0.15) is 0 Å². The van der Waals surface area contributed by atoms with Gasteiger partial charge in [-0.25, -0.2) is 0 Å². The van der Waals surface area contributed by atoms with Gasteiger partial charge in [0.25, 0.3) is 5.97 Å². The van der Waals surface area contributed by atoms with Gasteiger partial charge >= 0.3 is 0 Å². The molecular weight excluding hydrogens is 328 g/mol. The molecule has 0 spiro atoms. The molecule has 0 saturated heterocycles. The van der Waals surface area contributed by atoms with Crippen molar-refractivity contribution in [3.8, 4) is 11.8 Å². The maximum absolute atomic E-state index is 9.80. The fourth-order valence-electron chi connectivity index (χ4n) is 2.11. The van der Waals surface area contributed by atoms with Crippen LogP contribution in [0.15, 0.2) is 25.8 Å². The Morgan fingerprint density at radius 1 is 1.15 bits per heavy atom. The largest absolute Gasteiger partial charge is 0.481 e. The molecule has 0 aliphatic carbocycles. The van der Waals surface area contributed by atoms with Crippen LogP contribution in [0.5, 0.6) is 0 Å². The third-order valence-corrected chi connectivity index (χ3v) is 3.05. The predicted molar refractivity (Wildman–Crippen MR) is 111 cm³/mol. The molecule has 0 bridgehead atoms. The number of hydrogen-bond donors (Lipinski definition) is 2. The highest BCUT2D eigenvalue weighted by Crippen LogP contribution is 2.18. The molecule has 0 aliphatic rings. The normalized spacial score (nSPS) is 10.8. The van der Waals surface area contributed by atoms with Crippen molar-refractivity contribution in [3.05, 3.63) is 25.8 Å². The number of unbranched alkanes of at least 4 members (excludes halogenated alkanes) is 4. The zero-order valence-corrected chi connectivity index (χ0v) is 17.4. The third-order valence-electron chi connectivity index (χ3n) is 3.05. The van der Waals surface area contributed by atoms with Crippen molar-refractivity contribution < 1.29 is 19.7 Å². The Morgan fingerprint density at radius 2 is 1.69 bits per heavy atom. The van der Waals surface area contributed by atoms with E-state index in [2.05, 4.69) is 38.5 Å². The average Bonchev–Trinajstić information content (AvgIpc) is 2.54. The molecule has 0 radical (unpaired) electrons. The van der Waals surface area contributed by atoms with Crippen LogP contribution in [0.25, 0.3) is 0 Å². The molecule has 4 nitrogen and oxygen atoms in total. The van der Waals surface area contributed by atoms with Gasteiger partial charge in [-0.15, -0.1) is 25.7 Å². The minimum absolute atomic E-state index is 0.106. The number of aliphatic hydroxyl groups is 1. The molecule has 0 aromatic rings. The molecule has 4 heteroatoms. The summed E-state index contributed by atoms with van der Waals surface area (Å²) in [6, 6.07) is 0. The second kappa shape index (κ2) is 21.5. The summed E-state index contributed by atoms with van der Waals surface area (Å²) in [5.41, 5.74) is 0. The van der Waals surface area contributed by atoms with Crippen LogP contribution in [-0.2, 0) is 9.53 Å². The van der Waals surface area contributed by atoms with Gasteiger partial charge in [-0.2, -0.15) is 0 Å². The van der Waals surface area contributed by atoms with E-state index in [0.717, 1.165) is 32.6 Å². The van der Waals surface area contributed by atoms with Crippen LogP contribution in [0.1, 0.15) is 85.5 Å². The lowest BCUT2D eigenvalue weighted by molar-refractivity contribution is -0.207. The smallest absolute Gasteiger partial charge is 0.300 e. The molecule has 1 atom stereocenters. The van der Waals surface area contributed by atoms with Crippen molar-refractivity contribution in [1.82, 2.24) is 0 Å². The summed E-state index contributed by atoms with van der Waals surface area (Å²) < 4.78 is 5.72. The summed E-state index contributed by atoms with van der Waals surface area (Å²) in [6.07, 6.45) is 11.7. The topological polar surface area (TPSA) is 66.8 Å². The molecule has 0 aromatic heterocycles. The summed E-state index contributed by atoms with van der Waals surface area (Å²) in [5, 5.41) is 17.2. The zero-order valence-electron chi connectivity index (χ0n) is 17.4. The molecule has 0 aliphatic heterocycles. The minimum Gasteiger partial charge on any atom is -0.481 e. The SMILES string of the molecule is C=C.C=CCC#CCCC(CCCCCCC)OC(C)(C)O.CC(=O)O. The van der Waals surface area contributed by atoms with Gasteiger partial charge in [0.05, 0.1) is 6.10 Å². The highest BCUT2D eigenvalue weighted by molar-refractivity contribution is 5.62. The van der Waals surface area contributed by atoms with Gasteiger partial charge in [-0.1, -0.05) is 51.0 Å².